The van der Waals surface area contributed by atoms with Gasteiger partial charge in [-0.15, -0.1) is 0 Å². The molecule has 0 N–H and O–H groups in total. The molecule has 76 valence electrons. The topological polar surface area (TPSA) is 35.5 Å². The lowest BCUT2D eigenvalue weighted by Gasteiger charge is -2.16. The third kappa shape index (κ3) is 3.87. The van der Waals surface area contributed by atoms with Crippen LogP contribution >= 0.6 is 0 Å². The van der Waals surface area contributed by atoms with Crippen molar-refractivity contribution < 1.29 is 14.3 Å². The second-order valence-electron chi connectivity index (χ2n) is 3.59. The fraction of sp³-hybridized carbons (Fsp3) is 0.900. The van der Waals surface area contributed by atoms with E-state index in [2.05, 4.69) is 6.92 Å². The quantitative estimate of drug-likeness (QED) is 0.656. The molecule has 0 bridgehead atoms. The maximum atomic E-state index is 10.9. The molecule has 1 rings (SSSR count). The van der Waals surface area contributed by atoms with E-state index < -0.39 is 0 Å². The van der Waals surface area contributed by atoms with Gasteiger partial charge in [0.1, 0.15) is 5.78 Å². The highest BCUT2D eigenvalue weighted by Gasteiger charge is 2.21. The molecule has 1 aliphatic rings. The Morgan fingerprint density at radius 3 is 2.54 bits per heavy atom. The van der Waals surface area contributed by atoms with Gasteiger partial charge in [0.15, 0.2) is 6.29 Å². The van der Waals surface area contributed by atoms with Gasteiger partial charge in [-0.1, -0.05) is 13.3 Å². The summed E-state index contributed by atoms with van der Waals surface area (Å²) < 4.78 is 10.7. The van der Waals surface area contributed by atoms with E-state index in [9.17, 15) is 4.79 Å². The first-order valence-electron chi connectivity index (χ1n) is 4.95. The van der Waals surface area contributed by atoms with Crippen LogP contribution < -0.4 is 0 Å². The molecule has 1 heterocycles. The number of hydrogen-bond acceptors (Lipinski definition) is 3. The molecule has 1 saturated heterocycles. The Bertz CT molecular complexity index is 162. The molecule has 0 unspecified atom stereocenters. The lowest BCUT2D eigenvalue weighted by molar-refractivity contribution is -0.118. The van der Waals surface area contributed by atoms with Crippen molar-refractivity contribution in [3.63, 3.8) is 0 Å². The average Bonchev–Trinajstić information content (AvgIpc) is 2.55. The van der Waals surface area contributed by atoms with Gasteiger partial charge in [-0.25, -0.2) is 0 Å². The number of ketones is 1. The van der Waals surface area contributed by atoms with E-state index in [1.165, 1.54) is 0 Å². The first kappa shape index (κ1) is 10.7. The third-order valence-electron chi connectivity index (χ3n) is 2.37. The molecule has 0 saturated carbocycles. The summed E-state index contributed by atoms with van der Waals surface area (Å²) in [5.41, 5.74) is 0. The van der Waals surface area contributed by atoms with Crippen LogP contribution in [-0.4, -0.2) is 25.3 Å². The normalized spacial score (nSPS) is 20.5. The lowest BCUT2D eigenvalue weighted by atomic mass is 9.96. The van der Waals surface area contributed by atoms with Crippen LogP contribution in [0.15, 0.2) is 0 Å². The number of hydrogen-bond donors (Lipinski definition) is 0. The van der Waals surface area contributed by atoms with Crippen LogP contribution in [-0.2, 0) is 14.3 Å². The van der Waals surface area contributed by atoms with E-state index in [-0.39, 0.29) is 12.1 Å². The Labute approximate surface area is 79.4 Å². The maximum Gasteiger partial charge on any atom is 0.158 e. The lowest BCUT2D eigenvalue weighted by Crippen LogP contribution is -2.16. The third-order valence-corrected chi connectivity index (χ3v) is 2.37. The van der Waals surface area contributed by atoms with Gasteiger partial charge in [0.05, 0.1) is 13.2 Å². The van der Waals surface area contributed by atoms with Gasteiger partial charge >= 0.3 is 0 Å². The zero-order chi connectivity index (χ0) is 9.68. The van der Waals surface area contributed by atoms with Crippen molar-refractivity contribution in [2.75, 3.05) is 13.2 Å². The van der Waals surface area contributed by atoms with Crippen molar-refractivity contribution in [3.8, 4) is 0 Å². The zero-order valence-corrected chi connectivity index (χ0v) is 8.41. The van der Waals surface area contributed by atoms with Gasteiger partial charge < -0.3 is 14.3 Å². The van der Waals surface area contributed by atoms with Gasteiger partial charge in [-0.2, -0.15) is 0 Å². The second-order valence-corrected chi connectivity index (χ2v) is 3.59. The van der Waals surface area contributed by atoms with Gasteiger partial charge in [0, 0.05) is 12.8 Å². The predicted molar refractivity (Wildman–Crippen MR) is 49.4 cm³/mol. The van der Waals surface area contributed by atoms with E-state index in [1.807, 2.05) is 0 Å². The fourth-order valence-electron chi connectivity index (χ4n) is 1.62. The van der Waals surface area contributed by atoms with Crippen LogP contribution in [0.5, 0.6) is 0 Å². The van der Waals surface area contributed by atoms with Crippen molar-refractivity contribution >= 4 is 5.78 Å². The molecule has 3 nitrogen and oxygen atoms in total. The highest BCUT2D eigenvalue weighted by Crippen LogP contribution is 2.20. The van der Waals surface area contributed by atoms with Gasteiger partial charge in [0.2, 0.25) is 0 Å². The van der Waals surface area contributed by atoms with Crippen molar-refractivity contribution in [3.05, 3.63) is 0 Å². The molecule has 3 heteroatoms. The van der Waals surface area contributed by atoms with Crippen LogP contribution in [0.1, 0.15) is 33.1 Å². The van der Waals surface area contributed by atoms with E-state index in [0.29, 0.717) is 25.6 Å². The van der Waals surface area contributed by atoms with E-state index in [4.69, 9.17) is 9.47 Å². The highest BCUT2D eigenvalue weighted by atomic mass is 16.7. The number of carbonyl (C=O) groups excluding carboxylic acids is 1. The molecule has 1 aliphatic heterocycles. The average molecular weight is 186 g/mol. The molecular formula is C10H18O3. The Hall–Kier alpha value is -0.410. The van der Waals surface area contributed by atoms with Crippen molar-refractivity contribution in [2.24, 2.45) is 5.92 Å². The number of ether oxygens (including phenoxy) is 2. The molecule has 1 fully saturated rings. The van der Waals surface area contributed by atoms with Crippen LogP contribution in [0.25, 0.3) is 0 Å². The summed E-state index contributed by atoms with van der Waals surface area (Å²) in [7, 11) is 0. The smallest absolute Gasteiger partial charge is 0.158 e. The SMILES string of the molecule is CC[C@@H](CC(C)=O)CC1OCCO1. The Balaban J connectivity index is 2.25. The molecule has 0 aliphatic carbocycles. The number of rotatable bonds is 5. The molecule has 0 aromatic heterocycles. The second kappa shape index (κ2) is 5.35. The van der Waals surface area contributed by atoms with Crippen LogP contribution in [0.2, 0.25) is 0 Å². The molecule has 0 radical (unpaired) electrons. The number of Topliss-reactive ketones (excluding diaryl/α,β-unsaturated/α-hetero) is 1. The summed E-state index contributed by atoms with van der Waals surface area (Å²) in [4.78, 5) is 10.9. The molecular weight excluding hydrogens is 168 g/mol. The fourth-order valence-corrected chi connectivity index (χ4v) is 1.62. The van der Waals surface area contributed by atoms with Gasteiger partial charge in [-0.3, -0.25) is 0 Å². The van der Waals surface area contributed by atoms with Crippen LogP contribution in [0.3, 0.4) is 0 Å². The minimum Gasteiger partial charge on any atom is -0.350 e. The largest absolute Gasteiger partial charge is 0.350 e. The summed E-state index contributed by atoms with van der Waals surface area (Å²) in [6, 6.07) is 0. The molecule has 0 aromatic rings. The summed E-state index contributed by atoms with van der Waals surface area (Å²) >= 11 is 0. The van der Waals surface area contributed by atoms with Crippen LogP contribution in [0.4, 0.5) is 0 Å². The predicted octanol–water partition coefficient (Wildman–Crippen LogP) is 1.75. The molecule has 1 atom stereocenters. The standard InChI is InChI=1S/C10H18O3/c1-3-9(6-8(2)11)7-10-12-4-5-13-10/h9-10H,3-7H2,1-2H3/t9-/m0/s1. The van der Waals surface area contributed by atoms with Crippen molar-refractivity contribution in [1.82, 2.24) is 0 Å². The Kier molecular flexibility index (Phi) is 4.39. The molecule has 0 aromatic carbocycles. The minimum absolute atomic E-state index is 0.0655. The first-order chi connectivity index (χ1) is 6.22. The van der Waals surface area contributed by atoms with Gasteiger partial charge in [-0.05, 0) is 12.8 Å². The van der Waals surface area contributed by atoms with Crippen molar-refractivity contribution in [1.29, 1.82) is 0 Å². The van der Waals surface area contributed by atoms with E-state index >= 15 is 0 Å². The highest BCUT2D eigenvalue weighted by molar-refractivity contribution is 5.75. The monoisotopic (exact) mass is 186 g/mol. The van der Waals surface area contributed by atoms with Crippen LogP contribution in [0, 0.1) is 5.92 Å². The molecule has 0 amide bonds. The maximum absolute atomic E-state index is 10.9. The minimum atomic E-state index is -0.0655. The first-order valence-corrected chi connectivity index (χ1v) is 4.95. The molecule has 13 heavy (non-hydrogen) atoms. The summed E-state index contributed by atoms with van der Waals surface area (Å²) in [6.45, 7) is 5.13. The summed E-state index contributed by atoms with van der Waals surface area (Å²) in [5.74, 6) is 0.672. The zero-order valence-electron chi connectivity index (χ0n) is 8.41. The van der Waals surface area contributed by atoms with E-state index in [1.54, 1.807) is 6.92 Å². The van der Waals surface area contributed by atoms with Gasteiger partial charge in [0.25, 0.3) is 0 Å². The van der Waals surface area contributed by atoms with E-state index in [0.717, 1.165) is 12.8 Å². The number of carbonyl (C=O) groups is 1. The van der Waals surface area contributed by atoms with Crippen molar-refractivity contribution in [2.45, 2.75) is 39.4 Å². The summed E-state index contributed by atoms with van der Waals surface area (Å²) in [5, 5.41) is 0. The molecule has 0 spiro atoms. The Morgan fingerprint density at radius 2 is 2.08 bits per heavy atom. The Morgan fingerprint density at radius 1 is 1.46 bits per heavy atom. The summed E-state index contributed by atoms with van der Waals surface area (Å²) in [6.07, 6.45) is 2.46.